The Kier molecular flexibility index (Phi) is 7.10. The smallest absolute Gasteiger partial charge is 0.271 e. The summed E-state index contributed by atoms with van der Waals surface area (Å²) >= 11 is 0. The number of rotatable bonds is 9. The minimum atomic E-state index is -1.38. The monoisotopic (exact) mass is 325 g/mol. The number of aliphatic hydroxyl groups is 1. The van der Waals surface area contributed by atoms with Crippen LogP contribution < -0.4 is 15.7 Å². The minimum absolute atomic E-state index is 0.0741. The van der Waals surface area contributed by atoms with Crippen LogP contribution in [-0.2, 0) is 9.59 Å². The highest BCUT2D eigenvalue weighted by Gasteiger charge is 2.19. The molecule has 0 aliphatic heterocycles. The van der Waals surface area contributed by atoms with Crippen LogP contribution in [0.25, 0.3) is 0 Å². The molecular weight excluding hydrogens is 306 g/mol. The average molecular weight is 325 g/mol. The summed E-state index contributed by atoms with van der Waals surface area (Å²) < 4.78 is 0. The van der Waals surface area contributed by atoms with Gasteiger partial charge < -0.3 is 25.6 Å². The van der Waals surface area contributed by atoms with Crippen molar-refractivity contribution in [3.05, 3.63) is 33.9 Å². The Morgan fingerprint density at radius 2 is 2.13 bits per heavy atom. The topological polar surface area (TPSA) is 149 Å². The van der Waals surface area contributed by atoms with E-state index in [1.54, 1.807) is 6.92 Å². The lowest BCUT2D eigenvalue weighted by Gasteiger charge is -2.16. The number of hydrogen-bond acceptors (Lipinski definition) is 6. The number of nitrogens with zero attached hydrogens (tertiary/aromatic N) is 1. The largest absolute Gasteiger partial charge is 0.544 e. The number of aliphatic hydroxyl groups excluding tert-OH is 1. The molecule has 0 radical (unpaired) electrons. The molecule has 9 heteroatoms. The number of nitro groups is 1. The van der Waals surface area contributed by atoms with Gasteiger partial charge >= 0.3 is 0 Å². The number of nitrogens with two attached hydrogens (primary N) is 1. The van der Waals surface area contributed by atoms with Crippen molar-refractivity contribution >= 4 is 23.3 Å². The molecule has 23 heavy (non-hydrogen) atoms. The van der Waals surface area contributed by atoms with E-state index in [9.17, 15) is 24.8 Å². The zero-order chi connectivity index (χ0) is 17.4. The van der Waals surface area contributed by atoms with Gasteiger partial charge in [-0.25, -0.2) is 0 Å². The third-order valence-electron chi connectivity index (χ3n) is 3.23. The van der Waals surface area contributed by atoms with Gasteiger partial charge in [0.25, 0.3) is 5.69 Å². The van der Waals surface area contributed by atoms with Crippen LogP contribution >= 0.6 is 0 Å². The molecule has 1 amide bonds. The van der Waals surface area contributed by atoms with E-state index < -0.39 is 22.8 Å². The first-order valence-electron chi connectivity index (χ1n) is 7.05. The second kappa shape index (κ2) is 8.81. The SMILES string of the molecule is Cc1ccc([N+](=O)[O-])cc1NC(=O)C[C@H]([NH2+]CCCO)C(=O)[O-]. The average Bonchev–Trinajstić information content (AvgIpc) is 2.48. The summed E-state index contributed by atoms with van der Waals surface area (Å²) in [4.78, 5) is 33.1. The normalized spacial score (nSPS) is 11.7. The van der Waals surface area contributed by atoms with E-state index in [2.05, 4.69) is 5.32 Å². The zero-order valence-corrected chi connectivity index (χ0v) is 12.7. The highest BCUT2D eigenvalue weighted by molar-refractivity contribution is 5.94. The lowest BCUT2D eigenvalue weighted by Crippen LogP contribution is -2.93. The molecule has 0 fully saturated rings. The van der Waals surface area contributed by atoms with E-state index in [-0.39, 0.29) is 24.4 Å². The van der Waals surface area contributed by atoms with Crippen LogP contribution in [0.15, 0.2) is 18.2 Å². The van der Waals surface area contributed by atoms with Crippen LogP contribution in [0.1, 0.15) is 18.4 Å². The number of aliphatic carboxylic acids is 1. The molecule has 0 aliphatic rings. The van der Waals surface area contributed by atoms with E-state index >= 15 is 0 Å². The molecule has 1 rings (SSSR count). The standard InChI is InChI=1S/C14H19N3O6/c1-9-3-4-10(17(22)23)7-11(9)16-13(19)8-12(14(20)21)15-5-2-6-18/h3-4,7,12,15,18H,2,5-6,8H2,1H3,(H,16,19)(H,20,21)/t12-/m0/s1. The third kappa shape index (κ3) is 6.01. The van der Waals surface area contributed by atoms with Crippen molar-refractivity contribution in [2.75, 3.05) is 18.5 Å². The molecule has 0 bridgehead atoms. The summed E-state index contributed by atoms with van der Waals surface area (Å²) in [6, 6.07) is 2.95. The van der Waals surface area contributed by atoms with Crippen LogP contribution in [0, 0.1) is 17.0 Å². The van der Waals surface area contributed by atoms with E-state index in [0.717, 1.165) is 0 Å². The summed E-state index contributed by atoms with van der Waals surface area (Å²) in [6.07, 6.45) is 0.0608. The molecule has 1 atom stereocenters. The Morgan fingerprint density at radius 1 is 1.43 bits per heavy atom. The van der Waals surface area contributed by atoms with Crippen molar-refractivity contribution < 1.29 is 30.0 Å². The number of quaternary nitrogens is 1. The second-order valence-electron chi connectivity index (χ2n) is 5.04. The highest BCUT2D eigenvalue weighted by atomic mass is 16.6. The fraction of sp³-hybridized carbons (Fsp3) is 0.429. The lowest BCUT2D eigenvalue weighted by atomic mass is 10.1. The van der Waals surface area contributed by atoms with Gasteiger partial charge in [-0.05, 0) is 12.5 Å². The van der Waals surface area contributed by atoms with Crippen molar-refractivity contribution in [3.8, 4) is 0 Å². The molecule has 126 valence electrons. The number of carbonyl (C=O) groups is 2. The van der Waals surface area contributed by atoms with Gasteiger partial charge in [-0.15, -0.1) is 0 Å². The van der Waals surface area contributed by atoms with Gasteiger partial charge in [0, 0.05) is 25.2 Å². The molecule has 0 aliphatic carbocycles. The number of aryl methyl sites for hydroxylation is 1. The number of non-ortho nitro benzene ring substituents is 1. The quantitative estimate of drug-likeness (QED) is 0.280. The Balaban J connectivity index is 2.72. The number of nitrogens with one attached hydrogen (secondary N) is 1. The van der Waals surface area contributed by atoms with Crippen LogP contribution in [0.2, 0.25) is 0 Å². The first-order chi connectivity index (χ1) is 10.8. The summed E-state index contributed by atoms with van der Waals surface area (Å²) in [5.74, 6) is -1.96. The van der Waals surface area contributed by atoms with E-state index in [4.69, 9.17) is 5.11 Å². The van der Waals surface area contributed by atoms with E-state index in [1.165, 1.54) is 23.5 Å². The summed E-state index contributed by atoms with van der Waals surface area (Å²) in [5.41, 5.74) is 0.715. The number of carboxylic acids is 1. The van der Waals surface area contributed by atoms with Crippen LogP contribution in [0.4, 0.5) is 11.4 Å². The number of carboxylic acid groups (broad SMARTS) is 1. The number of anilines is 1. The maximum absolute atomic E-state index is 12.0. The first kappa shape index (κ1) is 18.5. The van der Waals surface area contributed by atoms with Gasteiger partial charge in [-0.1, -0.05) is 6.07 Å². The van der Waals surface area contributed by atoms with Crippen molar-refractivity contribution in [1.82, 2.24) is 0 Å². The van der Waals surface area contributed by atoms with Crippen LogP contribution in [0.5, 0.6) is 0 Å². The van der Waals surface area contributed by atoms with Gasteiger partial charge in [0.1, 0.15) is 6.04 Å². The Bertz CT molecular complexity index is 590. The second-order valence-corrected chi connectivity index (χ2v) is 5.04. The van der Waals surface area contributed by atoms with Gasteiger partial charge in [-0.3, -0.25) is 14.9 Å². The predicted molar refractivity (Wildman–Crippen MR) is 78.4 cm³/mol. The molecule has 0 saturated heterocycles. The number of carbonyl (C=O) groups excluding carboxylic acids is 2. The summed E-state index contributed by atoms with van der Waals surface area (Å²) in [6.45, 7) is 1.94. The molecule has 4 N–H and O–H groups in total. The van der Waals surface area contributed by atoms with Gasteiger partial charge in [0.15, 0.2) is 0 Å². The molecule has 0 spiro atoms. The number of hydrogen-bond donors (Lipinski definition) is 3. The predicted octanol–water partition coefficient (Wildman–Crippen LogP) is -1.70. The molecule has 0 saturated carbocycles. The maximum atomic E-state index is 12.0. The first-order valence-corrected chi connectivity index (χ1v) is 7.05. The molecule has 0 unspecified atom stereocenters. The molecular formula is C14H19N3O6. The van der Waals surface area contributed by atoms with Crippen molar-refractivity contribution in [2.45, 2.75) is 25.8 Å². The zero-order valence-electron chi connectivity index (χ0n) is 12.7. The van der Waals surface area contributed by atoms with E-state index in [1.807, 2.05) is 0 Å². The number of benzene rings is 1. The van der Waals surface area contributed by atoms with Crippen LogP contribution in [0.3, 0.4) is 0 Å². The molecule has 1 aromatic rings. The Morgan fingerprint density at radius 3 is 2.70 bits per heavy atom. The highest BCUT2D eigenvalue weighted by Crippen LogP contribution is 2.21. The fourth-order valence-corrected chi connectivity index (χ4v) is 1.93. The summed E-state index contributed by atoms with van der Waals surface area (Å²) in [5, 5.41) is 34.3. The third-order valence-corrected chi connectivity index (χ3v) is 3.23. The van der Waals surface area contributed by atoms with Crippen molar-refractivity contribution in [2.24, 2.45) is 0 Å². The number of amides is 1. The lowest BCUT2D eigenvalue weighted by molar-refractivity contribution is -0.682. The Labute approximate surface area is 132 Å². The summed E-state index contributed by atoms with van der Waals surface area (Å²) in [7, 11) is 0. The van der Waals surface area contributed by atoms with Gasteiger partial charge in [0.2, 0.25) is 5.91 Å². The minimum Gasteiger partial charge on any atom is -0.544 e. The maximum Gasteiger partial charge on any atom is 0.271 e. The van der Waals surface area contributed by atoms with Gasteiger partial charge in [-0.2, -0.15) is 0 Å². The number of nitro benzene ring substituents is 1. The van der Waals surface area contributed by atoms with Crippen LogP contribution in [-0.4, -0.2) is 41.1 Å². The molecule has 0 heterocycles. The van der Waals surface area contributed by atoms with Crippen molar-refractivity contribution in [1.29, 1.82) is 0 Å². The fourth-order valence-electron chi connectivity index (χ4n) is 1.93. The van der Waals surface area contributed by atoms with E-state index in [0.29, 0.717) is 18.5 Å². The molecule has 0 aromatic heterocycles. The van der Waals surface area contributed by atoms with Crippen molar-refractivity contribution in [3.63, 3.8) is 0 Å². The van der Waals surface area contributed by atoms with Gasteiger partial charge in [0.05, 0.1) is 29.5 Å². The molecule has 1 aromatic carbocycles. The molecule has 9 nitrogen and oxygen atoms in total. The Hall–Kier alpha value is -2.52.